The molecule has 0 fully saturated rings. The fraction of sp³-hybridized carbons (Fsp3) is 0.100. The van der Waals surface area contributed by atoms with Gasteiger partial charge in [-0.3, -0.25) is 0 Å². The van der Waals surface area contributed by atoms with Crippen molar-refractivity contribution in [1.29, 1.82) is 0 Å². The number of carbonyl (C=O) groups excluding carboxylic acids is 1. The van der Waals surface area contributed by atoms with Crippen molar-refractivity contribution < 1.29 is 45.0 Å². The zero-order valence-corrected chi connectivity index (χ0v) is 15.2. The average molecular weight is 400 g/mol. The lowest BCUT2D eigenvalue weighted by atomic mass is 9.89. The molecule has 0 unspecified atom stereocenters. The monoisotopic (exact) mass is 400 g/mol. The number of carboxylic acids is 1. The molecule has 0 aliphatic rings. The van der Waals surface area contributed by atoms with Crippen molar-refractivity contribution in [2.75, 3.05) is 0 Å². The molecular weight excluding hydrogens is 384 g/mol. The number of aromatic carboxylic acids is 1. The topological polar surface area (TPSA) is 165 Å². The minimum absolute atomic E-state index is 0.00768. The number of ether oxygens (including phenoxy) is 1. The zero-order chi connectivity index (χ0) is 21.6. The summed E-state index contributed by atoms with van der Waals surface area (Å²) in [7, 11) is 0. The third-order valence-corrected chi connectivity index (χ3v) is 4.70. The Kier molecular flexibility index (Phi) is 4.59. The van der Waals surface area contributed by atoms with Crippen LogP contribution in [0.2, 0.25) is 0 Å². The van der Waals surface area contributed by atoms with Gasteiger partial charge in [-0.1, -0.05) is 0 Å². The van der Waals surface area contributed by atoms with E-state index >= 15 is 0 Å². The number of carboxylic acid groups (broad SMARTS) is 1. The van der Waals surface area contributed by atoms with Gasteiger partial charge in [0.25, 0.3) is 0 Å². The van der Waals surface area contributed by atoms with Crippen molar-refractivity contribution in [1.82, 2.24) is 0 Å². The summed E-state index contributed by atoms with van der Waals surface area (Å²) in [6.07, 6.45) is 0. The van der Waals surface area contributed by atoms with Gasteiger partial charge < -0.3 is 35.4 Å². The second-order valence-corrected chi connectivity index (χ2v) is 6.33. The lowest BCUT2D eigenvalue weighted by Crippen LogP contribution is -2.17. The van der Waals surface area contributed by atoms with Crippen LogP contribution in [-0.2, 0) is 0 Å². The number of phenolic OH excluding ortho intramolecular Hbond substituents is 5. The fourth-order valence-electron chi connectivity index (χ4n) is 3.13. The summed E-state index contributed by atoms with van der Waals surface area (Å²) in [5.74, 6) is -6.60. The highest BCUT2D eigenvalue weighted by atomic mass is 16.5. The Morgan fingerprint density at radius 2 is 1.34 bits per heavy atom. The maximum atomic E-state index is 12.9. The Labute approximate surface area is 163 Å². The van der Waals surface area contributed by atoms with E-state index in [1.807, 2.05) is 0 Å². The first kappa shape index (κ1) is 19.6. The minimum Gasteiger partial charge on any atom is -0.504 e. The first-order valence-electron chi connectivity index (χ1n) is 8.23. The summed E-state index contributed by atoms with van der Waals surface area (Å²) in [5.41, 5.74) is -0.298. The molecule has 0 aliphatic carbocycles. The van der Waals surface area contributed by atoms with E-state index in [-0.39, 0.29) is 21.9 Å². The molecule has 0 aromatic heterocycles. The first-order valence-corrected chi connectivity index (χ1v) is 8.23. The molecule has 9 heteroatoms. The Morgan fingerprint density at radius 1 is 0.759 bits per heavy atom. The second kappa shape index (κ2) is 6.79. The van der Waals surface area contributed by atoms with Crippen molar-refractivity contribution in [3.05, 3.63) is 46.5 Å². The third-order valence-electron chi connectivity index (χ3n) is 4.70. The van der Waals surface area contributed by atoms with E-state index in [0.717, 1.165) is 18.2 Å². The van der Waals surface area contributed by atoms with Gasteiger partial charge >= 0.3 is 11.9 Å². The molecule has 0 saturated carbocycles. The van der Waals surface area contributed by atoms with Crippen LogP contribution in [0.25, 0.3) is 10.8 Å². The van der Waals surface area contributed by atoms with Gasteiger partial charge in [-0.05, 0) is 49.2 Å². The smallest absolute Gasteiger partial charge is 0.345 e. The van der Waals surface area contributed by atoms with Gasteiger partial charge in [0, 0.05) is 10.8 Å². The normalized spacial score (nSPS) is 10.8. The van der Waals surface area contributed by atoms with E-state index in [4.69, 9.17) is 4.74 Å². The summed E-state index contributed by atoms with van der Waals surface area (Å²) >= 11 is 0. The summed E-state index contributed by atoms with van der Waals surface area (Å²) in [6, 6.07) is 4.33. The van der Waals surface area contributed by atoms with Crippen LogP contribution in [0.4, 0.5) is 0 Å². The molecule has 0 aliphatic heterocycles. The van der Waals surface area contributed by atoms with Gasteiger partial charge in [-0.15, -0.1) is 0 Å². The fourth-order valence-corrected chi connectivity index (χ4v) is 3.13. The number of fused-ring (bicyclic) bond motifs is 1. The number of aromatic hydroxyl groups is 5. The van der Waals surface area contributed by atoms with Crippen LogP contribution in [0.1, 0.15) is 31.8 Å². The maximum absolute atomic E-state index is 12.9. The highest BCUT2D eigenvalue weighted by Gasteiger charge is 2.28. The van der Waals surface area contributed by atoms with E-state index < -0.39 is 52.0 Å². The number of aryl methyl sites for hydroxylation is 1. The molecule has 0 bridgehead atoms. The Hall–Kier alpha value is -4.14. The quantitative estimate of drug-likeness (QED) is 0.220. The van der Waals surface area contributed by atoms with Crippen LogP contribution < -0.4 is 4.74 Å². The molecule has 3 aromatic rings. The Bertz CT molecular complexity index is 1200. The molecule has 29 heavy (non-hydrogen) atoms. The first-order chi connectivity index (χ1) is 13.6. The molecule has 3 aromatic carbocycles. The highest BCUT2D eigenvalue weighted by Crippen LogP contribution is 2.43. The van der Waals surface area contributed by atoms with Gasteiger partial charge in [0.05, 0.1) is 11.1 Å². The van der Waals surface area contributed by atoms with Crippen molar-refractivity contribution in [2.24, 2.45) is 0 Å². The van der Waals surface area contributed by atoms with Crippen molar-refractivity contribution in [3.63, 3.8) is 0 Å². The van der Waals surface area contributed by atoms with Gasteiger partial charge in [0.15, 0.2) is 23.0 Å². The average Bonchev–Trinajstić information content (AvgIpc) is 2.66. The van der Waals surface area contributed by atoms with E-state index in [9.17, 15) is 40.2 Å². The minimum atomic E-state index is -1.43. The largest absolute Gasteiger partial charge is 0.504 e. The Morgan fingerprint density at radius 3 is 1.97 bits per heavy atom. The molecule has 9 nitrogen and oxygen atoms in total. The van der Waals surface area contributed by atoms with Crippen molar-refractivity contribution in [3.8, 4) is 34.5 Å². The van der Waals surface area contributed by atoms with Gasteiger partial charge in [0.1, 0.15) is 0 Å². The van der Waals surface area contributed by atoms with Crippen molar-refractivity contribution in [2.45, 2.75) is 13.8 Å². The van der Waals surface area contributed by atoms with Crippen LogP contribution in [0.5, 0.6) is 34.5 Å². The molecule has 0 heterocycles. The number of carbonyl (C=O) groups is 2. The van der Waals surface area contributed by atoms with Crippen molar-refractivity contribution >= 4 is 22.7 Å². The summed E-state index contributed by atoms with van der Waals surface area (Å²) in [4.78, 5) is 24.7. The molecule has 6 N–H and O–H groups in total. The predicted octanol–water partition coefficient (Wildman–Crippen LogP) is 2.90. The van der Waals surface area contributed by atoms with E-state index in [1.165, 1.54) is 19.9 Å². The molecule has 0 amide bonds. The van der Waals surface area contributed by atoms with E-state index in [0.29, 0.717) is 5.56 Å². The summed E-state index contributed by atoms with van der Waals surface area (Å²) in [5, 5.41) is 58.6. The number of hydrogen-bond donors (Lipinski definition) is 6. The lowest BCUT2D eigenvalue weighted by Gasteiger charge is -2.17. The number of benzene rings is 3. The zero-order valence-electron chi connectivity index (χ0n) is 15.2. The third kappa shape index (κ3) is 2.98. The lowest BCUT2D eigenvalue weighted by molar-refractivity contribution is 0.0666. The SMILES string of the molecule is Cc1c(C(=O)O)c(C(=O)Oc2ccc(O)c(O)c2O)c2ccc(O)c(O)c2c1C. The maximum Gasteiger partial charge on any atom is 0.345 e. The molecular formula is C20H16O9. The van der Waals surface area contributed by atoms with E-state index in [1.54, 1.807) is 0 Å². The number of esters is 1. The molecule has 3 rings (SSSR count). The number of hydrogen-bond acceptors (Lipinski definition) is 8. The van der Waals surface area contributed by atoms with Crippen LogP contribution >= 0.6 is 0 Å². The Balaban J connectivity index is 2.30. The predicted molar refractivity (Wildman–Crippen MR) is 100 cm³/mol. The standard InChI is InChI=1S/C20H16O9/c1-7-8(2)14(19(26)27)15(9-3-4-10(21)16(23)13(7)9)20(28)29-12-6-5-11(22)17(24)18(12)25/h3-6,21-25H,1-2H3,(H,26,27). The van der Waals surface area contributed by atoms with Crippen LogP contribution in [0, 0.1) is 13.8 Å². The van der Waals surface area contributed by atoms with Crippen LogP contribution in [-0.4, -0.2) is 42.6 Å². The summed E-state index contributed by atoms with van der Waals surface area (Å²) < 4.78 is 5.06. The van der Waals surface area contributed by atoms with Gasteiger partial charge in [-0.2, -0.15) is 0 Å². The molecule has 0 atom stereocenters. The van der Waals surface area contributed by atoms with E-state index in [2.05, 4.69) is 0 Å². The number of rotatable bonds is 3. The molecule has 0 saturated heterocycles. The van der Waals surface area contributed by atoms with Crippen LogP contribution in [0.15, 0.2) is 24.3 Å². The highest BCUT2D eigenvalue weighted by molar-refractivity contribution is 6.16. The molecule has 0 spiro atoms. The molecule has 0 radical (unpaired) electrons. The van der Waals surface area contributed by atoms with Crippen LogP contribution in [0.3, 0.4) is 0 Å². The summed E-state index contributed by atoms with van der Waals surface area (Å²) in [6.45, 7) is 2.96. The van der Waals surface area contributed by atoms with Gasteiger partial charge in [0.2, 0.25) is 11.5 Å². The number of phenols is 5. The van der Waals surface area contributed by atoms with Gasteiger partial charge in [-0.25, -0.2) is 9.59 Å². The molecule has 150 valence electrons. The second-order valence-electron chi connectivity index (χ2n) is 6.33.